The summed E-state index contributed by atoms with van der Waals surface area (Å²) in [4.78, 5) is 13.3. The normalized spacial score (nSPS) is 21.2. The minimum atomic E-state index is -1.17. The highest BCUT2D eigenvalue weighted by atomic mass is 35.5. The molecule has 1 aliphatic carbocycles. The van der Waals surface area contributed by atoms with E-state index in [2.05, 4.69) is 10.2 Å². The summed E-state index contributed by atoms with van der Waals surface area (Å²) in [6.07, 6.45) is -0.555. The number of nitrogens with one attached hydrogen (secondary N) is 1. The van der Waals surface area contributed by atoms with E-state index in [1.807, 2.05) is 24.3 Å². The second kappa shape index (κ2) is 13.5. The van der Waals surface area contributed by atoms with E-state index in [4.69, 9.17) is 9.47 Å². The third-order valence-corrected chi connectivity index (χ3v) is 6.49. The molecule has 2 fully saturated rings. The number of aliphatic carboxylic acids is 1. The molecule has 36 heavy (non-hydrogen) atoms. The van der Waals surface area contributed by atoms with E-state index >= 15 is 0 Å². The summed E-state index contributed by atoms with van der Waals surface area (Å²) in [6, 6.07) is 9.26. The SMILES string of the molecule is CCO[C@H](Cc1ccc(OCCNC2C3CN(Cc4cc(F)c(F)cc4F)C[C@@H]32)cc1)C(=O)O.Cl.Cl. The molecule has 6 nitrogen and oxygen atoms in total. The third kappa shape index (κ3) is 7.49. The Balaban J connectivity index is 0.00000228. The number of carboxylic acids is 1. The minimum absolute atomic E-state index is 0. The van der Waals surface area contributed by atoms with Crippen LogP contribution in [0.15, 0.2) is 36.4 Å². The number of carboxylic acid groups (broad SMARTS) is 1. The van der Waals surface area contributed by atoms with Crippen molar-refractivity contribution in [1.29, 1.82) is 0 Å². The van der Waals surface area contributed by atoms with Gasteiger partial charge in [-0.1, -0.05) is 12.1 Å². The molecule has 4 atom stereocenters. The summed E-state index contributed by atoms with van der Waals surface area (Å²) in [5.41, 5.74) is 1.05. The van der Waals surface area contributed by atoms with Gasteiger partial charge in [0.1, 0.15) is 18.2 Å². The van der Waals surface area contributed by atoms with Gasteiger partial charge >= 0.3 is 5.97 Å². The van der Waals surface area contributed by atoms with Crippen molar-refractivity contribution in [3.8, 4) is 5.75 Å². The monoisotopic (exact) mass is 550 g/mol. The summed E-state index contributed by atoms with van der Waals surface area (Å²) in [5, 5.41) is 12.7. The summed E-state index contributed by atoms with van der Waals surface area (Å²) in [5.74, 6) is -2.22. The van der Waals surface area contributed by atoms with E-state index in [0.29, 0.717) is 55.9 Å². The number of hydrogen-bond donors (Lipinski definition) is 2. The lowest BCUT2D eigenvalue weighted by Gasteiger charge is -2.20. The van der Waals surface area contributed by atoms with Crippen molar-refractivity contribution in [1.82, 2.24) is 10.2 Å². The van der Waals surface area contributed by atoms with Crippen molar-refractivity contribution in [2.75, 3.05) is 32.8 Å². The Kier molecular flexibility index (Phi) is 11.3. The highest BCUT2D eigenvalue weighted by molar-refractivity contribution is 5.85. The highest BCUT2D eigenvalue weighted by Gasteiger charge is 2.55. The molecule has 2 N–H and O–H groups in total. The van der Waals surface area contributed by atoms with Crippen LogP contribution in [0.2, 0.25) is 0 Å². The lowest BCUT2D eigenvalue weighted by Crippen LogP contribution is -2.33. The molecule has 0 radical (unpaired) electrons. The molecular formula is C25H31Cl2F3N2O4. The van der Waals surface area contributed by atoms with Gasteiger partial charge in [-0.15, -0.1) is 24.8 Å². The largest absolute Gasteiger partial charge is 0.492 e. The molecular weight excluding hydrogens is 520 g/mol. The number of rotatable bonds is 12. The molecule has 1 heterocycles. The molecule has 0 spiro atoms. The number of likely N-dealkylation sites (tertiary alicyclic amines) is 1. The summed E-state index contributed by atoms with van der Waals surface area (Å²) < 4.78 is 51.4. The predicted molar refractivity (Wildman–Crippen MR) is 134 cm³/mol. The quantitative estimate of drug-likeness (QED) is 0.306. The molecule has 2 unspecified atom stereocenters. The molecule has 0 bridgehead atoms. The van der Waals surface area contributed by atoms with Crippen molar-refractivity contribution in [2.45, 2.75) is 32.0 Å². The van der Waals surface area contributed by atoms with Gasteiger partial charge in [0.15, 0.2) is 17.7 Å². The Hall–Kier alpha value is -2.04. The number of nitrogens with zero attached hydrogens (tertiary/aromatic N) is 1. The standard InChI is InChI=1S/C25H29F3N2O4.2ClH/c1-2-33-23(25(31)32)9-15-3-5-17(6-4-15)34-8-7-29-24-18-13-30(14-19(18)24)12-16-10-21(27)22(28)11-20(16)26;;/h3-6,10-11,18-19,23-24,29H,2,7-9,12-14H2,1H3,(H,31,32);2*1H/t18-,19?,23+,24?;;/m0../s1. The number of ether oxygens (including phenoxy) is 2. The van der Waals surface area contributed by atoms with Gasteiger partial charge in [0.05, 0.1) is 0 Å². The topological polar surface area (TPSA) is 71.0 Å². The smallest absolute Gasteiger partial charge is 0.333 e. The second-order valence-corrected chi connectivity index (χ2v) is 8.84. The maximum atomic E-state index is 13.9. The molecule has 200 valence electrons. The Morgan fingerprint density at radius 2 is 1.72 bits per heavy atom. The highest BCUT2D eigenvalue weighted by Crippen LogP contribution is 2.45. The molecule has 0 aromatic heterocycles. The van der Waals surface area contributed by atoms with E-state index in [-0.39, 0.29) is 36.9 Å². The lowest BCUT2D eigenvalue weighted by molar-refractivity contribution is -0.149. The molecule has 1 saturated heterocycles. The van der Waals surface area contributed by atoms with Crippen LogP contribution in [0.3, 0.4) is 0 Å². The molecule has 2 aromatic rings. The van der Waals surface area contributed by atoms with Gasteiger partial charge in [0.25, 0.3) is 0 Å². The molecule has 1 saturated carbocycles. The van der Waals surface area contributed by atoms with Gasteiger partial charge in [-0.3, -0.25) is 4.90 Å². The number of benzene rings is 2. The fourth-order valence-electron chi connectivity index (χ4n) is 4.72. The first-order valence-corrected chi connectivity index (χ1v) is 11.5. The van der Waals surface area contributed by atoms with Crippen LogP contribution in [0.25, 0.3) is 0 Å². The van der Waals surface area contributed by atoms with E-state index < -0.39 is 29.5 Å². The van der Waals surface area contributed by atoms with Gasteiger partial charge in [0, 0.05) is 56.9 Å². The van der Waals surface area contributed by atoms with Crippen LogP contribution in [-0.2, 0) is 22.5 Å². The summed E-state index contributed by atoms with van der Waals surface area (Å²) >= 11 is 0. The van der Waals surface area contributed by atoms with Crippen LogP contribution in [0.5, 0.6) is 5.75 Å². The van der Waals surface area contributed by atoms with Crippen LogP contribution < -0.4 is 10.1 Å². The van der Waals surface area contributed by atoms with Crippen molar-refractivity contribution in [3.05, 3.63) is 65.0 Å². The molecule has 11 heteroatoms. The van der Waals surface area contributed by atoms with E-state index in [0.717, 1.165) is 24.7 Å². The van der Waals surface area contributed by atoms with Crippen LogP contribution in [-0.4, -0.2) is 61.0 Å². The number of carbonyl (C=O) groups is 1. The first kappa shape index (κ1) is 30.2. The van der Waals surface area contributed by atoms with Crippen molar-refractivity contribution in [3.63, 3.8) is 0 Å². The van der Waals surface area contributed by atoms with Crippen molar-refractivity contribution < 1.29 is 32.5 Å². The maximum absolute atomic E-state index is 13.9. The predicted octanol–water partition coefficient (Wildman–Crippen LogP) is 4.08. The number of piperidine rings is 1. The molecule has 2 aromatic carbocycles. The maximum Gasteiger partial charge on any atom is 0.333 e. The minimum Gasteiger partial charge on any atom is -0.492 e. The summed E-state index contributed by atoms with van der Waals surface area (Å²) in [6.45, 7) is 5.16. The second-order valence-electron chi connectivity index (χ2n) is 8.84. The van der Waals surface area contributed by atoms with Gasteiger partial charge in [-0.2, -0.15) is 0 Å². The van der Waals surface area contributed by atoms with Gasteiger partial charge in [0.2, 0.25) is 0 Å². The number of halogens is 5. The first-order valence-electron chi connectivity index (χ1n) is 11.5. The van der Waals surface area contributed by atoms with Gasteiger partial charge < -0.3 is 19.9 Å². The zero-order chi connectivity index (χ0) is 24.2. The molecule has 0 amide bonds. The van der Waals surface area contributed by atoms with E-state index in [9.17, 15) is 23.1 Å². The Morgan fingerprint density at radius 1 is 1.08 bits per heavy atom. The first-order chi connectivity index (χ1) is 16.4. The van der Waals surface area contributed by atoms with Crippen LogP contribution in [0.1, 0.15) is 18.1 Å². The fraction of sp³-hybridized carbons (Fsp3) is 0.480. The summed E-state index contributed by atoms with van der Waals surface area (Å²) in [7, 11) is 0. The third-order valence-electron chi connectivity index (χ3n) is 6.49. The van der Waals surface area contributed by atoms with Crippen LogP contribution >= 0.6 is 24.8 Å². The van der Waals surface area contributed by atoms with Gasteiger partial charge in [-0.25, -0.2) is 18.0 Å². The van der Waals surface area contributed by atoms with Crippen LogP contribution in [0, 0.1) is 29.3 Å². The number of hydrogen-bond acceptors (Lipinski definition) is 5. The Bertz CT molecular complexity index is 1000. The molecule has 1 aliphatic heterocycles. The average Bonchev–Trinajstić information content (AvgIpc) is 3.25. The average molecular weight is 551 g/mol. The molecule has 4 rings (SSSR count). The molecule has 2 aliphatic rings. The van der Waals surface area contributed by atoms with Gasteiger partial charge in [-0.05, 0) is 42.5 Å². The fourth-order valence-corrected chi connectivity index (χ4v) is 4.72. The van der Waals surface area contributed by atoms with Crippen LogP contribution in [0.4, 0.5) is 13.2 Å². The zero-order valence-electron chi connectivity index (χ0n) is 19.8. The Labute approximate surface area is 221 Å². The Morgan fingerprint density at radius 3 is 2.33 bits per heavy atom. The lowest BCUT2D eigenvalue weighted by atomic mass is 10.1. The number of fused-ring (bicyclic) bond motifs is 1. The van der Waals surface area contributed by atoms with Crippen molar-refractivity contribution in [2.24, 2.45) is 11.8 Å². The van der Waals surface area contributed by atoms with E-state index in [1.165, 1.54) is 0 Å². The zero-order valence-corrected chi connectivity index (χ0v) is 21.4. The van der Waals surface area contributed by atoms with E-state index in [1.54, 1.807) is 6.92 Å². The van der Waals surface area contributed by atoms with Crippen molar-refractivity contribution >= 4 is 30.8 Å².